The number of carbonyl (C=O) groups is 2. The quantitative estimate of drug-likeness (QED) is 0.837. The lowest BCUT2D eigenvalue weighted by molar-refractivity contribution is 0.0697. The van der Waals surface area contributed by atoms with Gasteiger partial charge in [-0.25, -0.2) is 9.59 Å². The Morgan fingerprint density at radius 1 is 1.35 bits per heavy atom. The van der Waals surface area contributed by atoms with E-state index in [-0.39, 0.29) is 17.6 Å². The third kappa shape index (κ3) is 4.24. The highest BCUT2D eigenvalue weighted by molar-refractivity contribution is 5.91. The fraction of sp³-hybridized carbons (Fsp3) is 0.429. The van der Waals surface area contributed by atoms with Crippen LogP contribution in [0.4, 0.5) is 10.5 Å². The zero-order valence-corrected chi connectivity index (χ0v) is 11.9. The van der Waals surface area contributed by atoms with Crippen LogP contribution < -0.4 is 5.32 Å². The summed E-state index contributed by atoms with van der Waals surface area (Å²) >= 11 is 0. The van der Waals surface area contributed by atoms with Crippen LogP contribution in [0.5, 0.6) is 0 Å². The van der Waals surface area contributed by atoms with Gasteiger partial charge in [0.05, 0.1) is 18.2 Å². The van der Waals surface area contributed by atoms with Crippen LogP contribution in [-0.2, 0) is 4.74 Å². The van der Waals surface area contributed by atoms with Gasteiger partial charge >= 0.3 is 12.0 Å². The molecular formula is C14H20N2O4. The number of hydrogen-bond acceptors (Lipinski definition) is 3. The topological polar surface area (TPSA) is 78.9 Å². The van der Waals surface area contributed by atoms with Crippen LogP contribution in [0.3, 0.4) is 0 Å². The van der Waals surface area contributed by atoms with E-state index in [1.54, 1.807) is 24.1 Å². The summed E-state index contributed by atoms with van der Waals surface area (Å²) < 4.78 is 5.04. The largest absolute Gasteiger partial charge is 0.478 e. The summed E-state index contributed by atoms with van der Waals surface area (Å²) in [6.07, 6.45) is 0. The van der Waals surface area contributed by atoms with Crippen LogP contribution in [0.15, 0.2) is 24.3 Å². The molecule has 6 heteroatoms. The fourth-order valence-corrected chi connectivity index (χ4v) is 1.88. The van der Waals surface area contributed by atoms with Gasteiger partial charge in [-0.15, -0.1) is 0 Å². The Kier molecular flexibility index (Phi) is 5.99. The minimum atomic E-state index is -0.994. The zero-order chi connectivity index (χ0) is 15.1. The van der Waals surface area contributed by atoms with E-state index in [0.29, 0.717) is 18.8 Å². The predicted octanol–water partition coefficient (Wildman–Crippen LogP) is 2.27. The van der Waals surface area contributed by atoms with E-state index in [0.717, 1.165) is 0 Å². The lowest BCUT2D eigenvalue weighted by Crippen LogP contribution is -2.43. The van der Waals surface area contributed by atoms with E-state index >= 15 is 0 Å². The number of carboxylic acid groups (broad SMARTS) is 1. The number of benzene rings is 1. The van der Waals surface area contributed by atoms with Crippen molar-refractivity contribution in [1.29, 1.82) is 0 Å². The summed E-state index contributed by atoms with van der Waals surface area (Å²) in [4.78, 5) is 24.5. The molecule has 6 nitrogen and oxygen atoms in total. The monoisotopic (exact) mass is 280 g/mol. The van der Waals surface area contributed by atoms with E-state index in [1.165, 1.54) is 12.1 Å². The smallest absolute Gasteiger partial charge is 0.335 e. The van der Waals surface area contributed by atoms with Gasteiger partial charge in [-0.05, 0) is 38.1 Å². The predicted molar refractivity (Wildman–Crippen MR) is 76.1 cm³/mol. The minimum Gasteiger partial charge on any atom is -0.478 e. The molecule has 20 heavy (non-hydrogen) atoms. The molecule has 1 aromatic carbocycles. The molecule has 0 bridgehead atoms. The van der Waals surface area contributed by atoms with Crippen LogP contribution >= 0.6 is 0 Å². The maximum Gasteiger partial charge on any atom is 0.335 e. The van der Waals surface area contributed by atoms with Crippen molar-refractivity contribution in [3.05, 3.63) is 29.8 Å². The van der Waals surface area contributed by atoms with Gasteiger partial charge in [0.15, 0.2) is 0 Å². The Balaban J connectivity index is 2.70. The number of carbonyl (C=O) groups excluding carboxylic acids is 1. The molecule has 0 saturated carbocycles. The summed E-state index contributed by atoms with van der Waals surface area (Å²) in [5.41, 5.74) is 0.742. The van der Waals surface area contributed by atoms with Crippen molar-refractivity contribution in [1.82, 2.24) is 4.90 Å². The number of amides is 2. The number of ether oxygens (including phenoxy) is 1. The molecule has 110 valence electrons. The molecule has 2 amide bonds. The Labute approximate surface area is 118 Å². The average Bonchev–Trinajstić information content (AvgIpc) is 2.40. The maximum absolute atomic E-state index is 12.1. The number of likely N-dealkylation sites (N-methyl/N-ethyl adjacent to an activating group) is 1. The standard InChI is InChI=1S/C14H20N2O4/c1-4-16(10(2)9-20-3)14(19)15-12-7-5-11(6-8-12)13(17)18/h5-8,10H,4,9H2,1-3H3,(H,15,19)(H,17,18). The number of rotatable bonds is 6. The van der Waals surface area contributed by atoms with Gasteiger partial charge in [0.25, 0.3) is 0 Å². The zero-order valence-electron chi connectivity index (χ0n) is 11.9. The number of nitrogens with one attached hydrogen (secondary N) is 1. The van der Waals surface area contributed by atoms with Crippen molar-refractivity contribution in [2.24, 2.45) is 0 Å². The number of aromatic carboxylic acids is 1. The Morgan fingerprint density at radius 2 is 1.95 bits per heavy atom. The lowest BCUT2D eigenvalue weighted by atomic mass is 10.2. The summed E-state index contributed by atoms with van der Waals surface area (Å²) in [5, 5.41) is 11.5. The molecule has 0 fully saturated rings. The average molecular weight is 280 g/mol. The maximum atomic E-state index is 12.1. The van der Waals surface area contributed by atoms with Gasteiger partial charge in [-0.3, -0.25) is 0 Å². The summed E-state index contributed by atoms with van der Waals surface area (Å²) in [5.74, 6) is -0.994. The van der Waals surface area contributed by atoms with Crippen molar-refractivity contribution in [3.8, 4) is 0 Å². The lowest BCUT2D eigenvalue weighted by Gasteiger charge is -2.27. The number of hydrogen-bond donors (Lipinski definition) is 2. The first-order valence-electron chi connectivity index (χ1n) is 6.39. The minimum absolute atomic E-state index is 0.0386. The second-order valence-electron chi connectivity index (χ2n) is 4.40. The van der Waals surface area contributed by atoms with E-state index in [4.69, 9.17) is 9.84 Å². The second kappa shape index (κ2) is 7.49. The van der Waals surface area contributed by atoms with E-state index in [2.05, 4.69) is 5.32 Å². The summed E-state index contributed by atoms with van der Waals surface area (Å²) in [7, 11) is 1.59. The van der Waals surface area contributed by atoms with Gasteiger partial charge in [-0.1, -0.05) is 0 Å². The summed E-state index contributed by atoms with van der Waals surface area (Å²) in [6.45, 7) is 4.81. The van der Waals surface area contributed by atoms with Crippen molar-refractivity contribution in [3.63, 3.8) is 0 Å². The highest BCUT2D eigenvalue weighted by Crippen LogP contribution is 2.11. The van der Waals surface area contributed by atoms with Crippen molar-refractivity contribution >= 4 is 17.7 Å². The fourth-order valence-electron chi connectivity index (χ4n) is 1.88. The van der Waals surface area contributed by atoms with E-state index < -0.39 is 5.97 Å². The SMILES string of the molecule is CCN(C(=O)Nc1ccc(C(=O)O)cc1)C(C)COC. The highest BCUT2D eigenvalue weighted by atomic mass is 16.5. The third-order valence-corrected chi connectivity index (χ3v) is 2.92. The van der Waals surface area contributed by atoms with Crippen LogP contribution in [0, 0.1) is 0 Å². The Hall–Kier alpha value is -2.08. The number of anilines is 1. The normalized spacial score (nSPS) is 11.8. The number of nitrogens with zero attached hydrogens (tertiary/aromatic N) is 1. The first-order chi connectivity index (χ1) is 9.49. The molecule has 0 aliphatic rings. The molecule has 0 spiro atoms. The van der Waals surface area contributed by atoms with Crippen LogP contribution in [-0.4, -0.2) is 48.3 Å². The number of urea groups is 1. The van der Waals surface area contributed by atoms with E-state index in [9.17, 15) is 9.59 Å². The molecule has 0 aliphatic carbocycles. The van der Waals surface area contributed by atoms with Gasteiger partial charge in [0.1, 0.15) is 0 Å². The number of methoxy groups -OCH3 is 1. The Morgan fingerprint density at radius 3 is 2.40 bits per heavy atom. The third-order valence-electron chi connectivity index (χ3n) is 2.92. The highest BCUT2D eigenvalue weighted by Gasteiger charge is 2.18. The molecular weight excluding hydrogens is 260 g/mol. The molecule has 0 saturated heterocycles. The van der Waals surface area contributed by atoms with Gasteiger partial charge in [0, 0.05) is 19.3 Å². The molecule has 0 aliphatic heterocycles. The number of carboxylic acids is 1. The molecule has 1 unspecified atom stereocenters. The van der Waals surface area contributed by atoms with Gasteiger partial charge in [-0.2, -0.15) is 0 Å². The van der Waals surface area contributed by atoms with Crippen LogP contribution in [0.25, 0.3) is 0 Å². The molecule has 0 aromatic heterocycles. The molecule has 1 rings (SSSR count). The van der Waals surface area contributed by atoms with Crippen LogP contribution in [0.2, 0.25) is 0 Å². The van der Waals surface area contributed by atoms with Crippen LogP contribution in [0.1, 0.15) is 24.2 Å². The summed E-state index contributed by atoms with van der Waals surface area (Å²) in [6, 6.07) is 5.76. The second-order valence-corrected chi connectivity index (χ2v) is 4.40. The first-order valence-corrected chi connectivity index (χ1v) is 6.39. The molecule has 0 heterocycles. The van der Waals surface area contributed by atoms with Crippen molar-refractivity contribution in [2.45, 2.75) is 19.9 Å². The molecule has 2 N–H and O–H groups in total. The Bertz CT molecular complexity index is 459. The molecule has 1 aromatic rings. The molecule has 0 radical (unpaired) electrons. The van der Waals surface area contributed by atoms with Crippen molar-refractivity contribution < 1.29 is 19.4 Å². The van der Waals surface area contributed by atoms with Crippen molar-refractivity contribution in [2.75, 3.05) is 25.6 Å². The van der Waals surface area contributed by atoms with Gasteiger partial charge < -0.3 is 20.1 Å². The first kappa shape index (κ1) is 16.0. The van der Waals surface area contributed by atoms with Gasteiger partial charge in [0.2, 0.25) is 0 Å². The molecule has 1 atom stereocenters. The van der Waals surface area contributed by atoms with E-state index in [1.807, 2.05) is 13.8 Å².